The van der Waals surface area contributed by atoms with Crippen molar-refractivity contribution in [2.45, 2.75) is 12.8 Å². The molecule has 2 aliphatic heterocycles. The van der Waals surface area contributed by atoms with Gasteiger partial charge < -0.3 is 9.80 Å². The van der Waals surface area contributed by atoms with Crippen molar-refractivity contribution in [3.8, 4) is 0 Å². The molecule has 0 aromatic heterocycles. The van der Waals surface area contributed by atoms with Crippen molar-refractivity contribution in [2.75, 3.05) is 37.6 Å². The molecule has 2 aliphatic rings. The van der Waals surface area contributed by atoms with Crippen LogP contribution in [-0.2, 0) is 17.6 Å². The van der Waals surface area contributed by atoms with E-state index in [1.54, 1.807) is 29.2 Å². The maximum Gasteiger partial charge on any atom is 0.263 e. The van der Waals surface area contributed by atoms with E-state index in [-0.39, 0.29) is 41.5 Å². The molecule has 1 fully saturated rings. The Bertz CT molecular complexity index is 1370. The highest BCUT2D eigenvalue weighted by molar-refractivity contribution is 6.31. The summed E-state index contributed by atoms with van der Waals surface area (Å²) in [6.45, 7) is 2.08. The van der Waals surface area contributed by atoms with Gasteiger partial charge in [0.25, 0.3) is 11.8 Å². The van der Waals surface area contributed by atoms with Crippen molar-refractivity contribution in [1.82, 2.24) is 9.80 Å². The molecule has 9 heteroatoms. The van der Waals surface area contributed by atoms with Gasteiger partial charge in [0.15, 0.2) is 0 Å². The molecule has 5 rings (SSSR count). The standard InChI is InChI=1S/C28H24ClF2N3O3/c29-23-17-21(31)9-6-19(23)16-25(35)33-14-12-32(13-15-33)24-3-1-2-22-26(24)28(37)34(27(22)36)11-10-18-4-7-20(30)8-5-18/h1-9,17H,10-16H2. The first kappa shape index (κ1) is 24.9. The molecular formula is C28H24ClF2N3O3. The van der Waals surface area contributed by atoms with Crippen LogP contribution in [0.3, 0.4) is 0 Å². The summed E-state index contributed by atoms with van der Waals surface area (Å²) in [4.78, 5) is 44.1. The van der Waals surface area contributed by atoms with E-state index in [0.29, 0.717) is 55.0 Å². The summed E-state index contributed by atoms with van der Waals surface area (Å²) >= 11 is 6.07. The van der Waals surface area contributed by atoms with E-state index in [1.165, 1.54) is 35.2 Å². The topological polar surface area (TPSA) is 60.9 Å². The Kier molecular flexibility index (Phi) is 6.93. The van der Waals surface area contributed by atoms with Crippen LogP contribution < -0.4 is 4.90 Å². The van der Waals surface area contributed by atoms with Crippen LogP contribution in [0.4, 0.5) is 14.5 Å². The number of rotatable bonds is 6. The smallest absolute Gasteiger partial charge is 0.263 e. The van der Waals surface area contributed by atoms with Gasteiger partial charge in [0.2, 0.25) is 5.91 Å². The average molecular weight is 524 g/mol. The second-order valence-electron chi connectivity index (χ2n) is 9.12. The van der Waals surface area contributed by atoms with E-state index >= 15 is 0 Å². The summed E-state index contributed by atoms with van der Waals surface area (Å²) in [5, 5.41) is 0.221. The number of fused-ring (bicyclic) bond motifs is 1. The zero-order chi connectivity index (χ0) is 26.1. The van der Waals surface area contributed by atoms with Crippen molar-refractivity contribution in [2.24, 2.45) is 0 Å². The Morgan fingerprint density at radius 3 is 2.27 bits per heavy atom. The number of carbonyl (C=O) groups excluding carboxylic acids is 3. The van der Waals surface area contributed by atoms with Crippen LogP contribution >= 0.6 is 11.6 Å². The number of piperazine rings is 1. The molecule has 0 aliphatic carbocycles. The number of nitrogens with zero attached hydrogens (tertiary/aromatic N) is 3. The van der Waals surface area contributed by atoms with Crippen molar-refractivity contribution in [3.63, 3.8) is 0 Å². The largest absolute Gasteiger partial charge is 0.367 e. The molecule has 0 radical (unpaired) electrons. The monoisotopic (exact) mass is 523 g/mol. The van der Waals surface area contributed by atoms with Crippen molar-refractivity contribution in [1.29, 1.82) is 0 Å². The highest BCUT2D eigenvalue weighted by Gasteiger charge is 2.38. The number of imide groups is 1. The summed E-state index contributed by atoms with van der Waals surface area (Å²) in [5.74, 6) is -1.58. The Hall–Kier alpha value is -3.78. The molecular weight excluding hydrogens is 500 g/mol. The number of benzene rings is 3. The van der Waals surface area contributed by atoms with E-state index in [2.05, 4.69) is 0 Å². The Morgan fingerprint density at radius 2 is 1.57 bits per heavy atom. The summed E-state index contributed by atoms with van der Waals surface area (Å²) in [6, 6.07) is 15.2. The predicted octanol–water partition coefficient (Wildman–Crippen LogP) is 4.35. The molecule has 0 atom stereocenters. The van der Waals surface area contributed by atoms with E-state index in [0.717, 1.165) is 5.56 Å². The molecule has 0 bridgehead atoms. The Morgan fingerprint density at radius 1 is 0.865 bits per heavy atom. The SMILES string of the molecule is O=C(Cc1ccc(F)cc1Cl)N1CCN(c2cccc3c2C(=O)N(CCc2ccc(F)cc2)C3=O)CC1. The Labute approximate surface area is 218 Å². The molecule has 1 saturated heterocycles. The third-order valence-electron chi connectivity index (χ3n) is 6.84. The minimum atomic E-state index is -0.452. The average Bonchev–Trinajstić information content (AvgIpc) is 3.14. The van der Waals surface area contributed by atoms with Crippen LogP contribution in [-0.4, -0.2) is 60.2 Å². The van der Waals surface area contributed by atoms with Gasteiger partial charge >= 0.3 is 0 Å². The van der Waals surface area contributed by atoms with Gasteiger partial charge in [0, 0.05) is 37.7 Å². The zero-order valence-electron chi connectivity index (χ0n) is 19.9. The molecule has 0 N–H and O–H groups in total. The van der Waals surface area contributed by atoms with Gasteiger partial charge in [0.05, 0.1) is 23.2 Å². The first-order chi connectivity index (χ1) is 17.8. The fraction of sp³-hybridized carbons (Fsp3) is 0.250. The van der Waals surface area contributed by atoms with Crippen molar-refractivity contribution in [3.05, 3.63) is 99.6 Å². The molecule has 0 spiro atoms. The number of carbonyl (C=O) groups is 3. The van der Waals surface area contributed by atoms with Gasteiger partial charge in [-0.15, -0.1) is 0 Å². The van der Waals surface area contributed by atoms with Gasteiger partial charge in [-0.2, -0.15) is 0 Å². The number of halogens is 3. The third-order valence-corrected chi connectivity index (χ3v) is 7.20. The summed E-state index contributed by atoms with van der Waals surface area (Å²) in [6.07, 6.45) is 0.510. The normalized spacial score (nSPS) is 15.4. The highest BCUT2D eigenvalue weighted by Crippen LogP contribution is 2.32. The van der Waals surface area contributed by atoms with Crippen LogP contribution in [0.5, 0.6) is 0 Å². The molecule has 37 heavy (non-hydrogen) atoms. The lowest BCUT2D eigenvalue weighted by molar-refractivity contribution is -0.130. The third kappa shape index (κ3) is 5.06. The van der Waals surface area contributed by atoms with Gasteiger partial charge in [-0.1, -0.05) is 35.9 Å². The van der Waals surface area contributed by atoms with Gasteiger partial charge in [-0.25, -0.2) is 8.78 Å². The van der Waals surface area contributed by atoms with Crippen LogP contribution in [0.15, 0.2) is 60.7 Å². The van der Waals surface area contributed by atoms with Crippen LogP contribution in [0.1, 0.15) is 31.8 Å². The quantitative estimate of drug-likeness (QED) is 0.451. The van der Waals surface area contributed by atoms with Gasteiger partial charge in [-0.3, -0.25) is 19.3 Å². The van der Waals surface area contributed by atoms with Gasteiger partial charge in [-0.05, 0) is 53.9 Å². The molecule has 3 aromatic rings. The number of amides is 3. The lowest BCUT2D eigenvalue weighted by atomic mass is 10.1. The van der Waals surface area contributed by atoms with Crippen LogP contribution in [0.2, 0.25) is 5.02 Å². The maximum absolute atomic E-state index is 13.3. The fourth-order valence-corrected chi connectivity index (χ4v) is 5.04. The zero-order valence-corrected chi connectivity index (χ0v) is 20.7. The molecule has 3 aromatic carbocycles. The summed E-state index contributed by atoms with van der Waals surface area (Å²) in [5.41, 5.74) is 2.83. The van der Waals surface area contributed by atoms with Crippen molar-refractivity contribution >= 4 is 35.0 Å². The molecule has 2 heterocycles. The van der Waals surface area contributed by atoms with E-state index in [1.807, 2.05) is 11.0 Å². The van der Waals surface area contributed by atoms with E-state index in [4.69, 9.17) is 11.6 Å². The number of hydrogen-bond donors (Lipinski definition) is 0. The summed E-state index contributed by atoms with van der Waals surface area (Å²) < 4.78 is 26.5. The molecule has 6 nitrogen and oxygen atoms in total. The number of hydrogen-bond acceptors (Lipinski definition) is 4. The minimum absolute atomic E-state index is 0.0792. The van der Waals surface area contributed by atoms with Crippen molar-refractivity contribution < 1.29 is 23.2 Å². The summed E-state index contributed by atoms with van der Waals surface area (Å²) in [7, 11) is 0. The molecule has 3 amide bonds. The second-order valence-corrected chi connectivity index (χ2v) is 9.53. The second kappa shape index (κ2) is 10.3. The van der Waals surface area contributed by atoms with E-state index in [9.17, 15) is 23.2 Å². The number of anilines is 1. The molecule has 0 unspecified atom stereocenters. The van der Waals surface area contributed by atoms with E-state index < -0.39 is 5.82 Å². The lowest BCUT2D eigenvalue weighted by Crippen LogP contribution is -2.49. The Balaban J connectivity index is 1.25. The van der Waals surface area contributed by atoms with Gasteiger partial charge in [0.1, 0.15) is 11.6 Å². The van der Waals surface area contributed by atoms with Crippen LogP contribution in [0, 0.1) is 11.6 Å². The maximum atomic E-state index is 13.3. The highest BCUT2D eigenvalue weighted by atomic mass is 35.5. The first-order valence-electron chi connectivity index (χ1n) is 12.0. The van der Waals surface area contributed by atoms with Crippen LogP contribution in [0.25, 0.3) is 0 Å². The predicted molar refractivity (Wildman–Crippen MR) is 136 cm³/mol. The molecule has 190 valence electrons. The molecule has 0 saturated carbocycles. The fourth-order valence-electron chi connectivity index (χ4n) is 4.81. The minimum Gasteiger partial charge on any atom is -0.367 e. The lowest BCUT2D eigenvalue weighted by Gasteiger charge is -2.36. The first-order valence-corrected chi connectivity index (χ1v) is 12.4.